The fraction of sp³-hybridized carbons (Fsp3) is 0.522. The molecule has 2 N–H and O–H groups in total. The summed E-state index contributed by atoms with van der Waals surface area (Å²) in [5.41, 5.74) is 2.84. The van der Waals surface area contributed by atoms with Crippen LogP contribution in [0.4, 0.5) is 0 Å². The molecule has 1 aromatic heterocycles. The Balaban J connectivity index is 0.00000363. The molecule has 0 aliphatic carbocycles. The Morgan fingerprint density at radius 2 is 1.84 bits per heavy atom. The monoisotopic (exact) mass is 571 g/mol. The first kappa shape index (κ1) is 26.5. The second-order valence-corrected chi connectivity index (χ2v) is 9.25. The van der Waals surface area contributed by atoms with Gasteiger partial charge in [0.05, 0.1) is 31.0 Å². The van der Waals surface area contributed by atoms with Crippen molar-refractivity contribution >= 4 is 47.2 Å². The molecular weight excluding hydrogens is 537 g/mol. The van der Waals surface area contributed by atoms with Gasteiger partial charge < -0.3 is 20.3 Å². The Morgan fingerprint density at radius 3 is 2.41 bits per heavy atom. The van der Waals surface area contributed by atoms with Crippen molar-refractivity contribution in [3.05, 3.63) is 51.0 Å². The van der Waals surface area contributed by atoms with Gasteiger partial charge in [-0.25, -0.2) is 9.98 Å². The Hall–Kier alpha value is -1.72. The number of amides is 1. The maximum absolute atomic E-state index is 12.8. The zero-order chi connectivity index (χ0) is 22.4. The third-order valence-corrected chi connectivity index (χ3v) is 6.22. The summed E-state index contributed by atoms with van der Waals surface area (Å²) < 4.78 is 5.73. The highest BCUT2D eigenvalue weighted by molar-refractivity contribution is 14.0. The molecule has 1 aliphatic rings. The summed E-state index contributed by atoms with van der Waals surface area (Å²) >= 11 is 1.70. The lowest BCUT2D eigenvalue weighted by Crippen LogP contribution is -2.48. The van der Waals surface area contributed by atoms with Crippen LogP contribution in [0.25, 0.3) is 0 Å². The summed E-state index contributed by atoms with van der Waals surface area (Å²) in [5, 5.41) is 7.66. The largest absolute Gasteiger partial charge is 0.372 e. The summed E-state index contributed by atoms with van der Waals surface area (Å²) in [6.45, 7) is 13.4. The van der Waals surface area contributed by atoms with Crippen molar-refractivity contribution in [2.75, 3.05) is 19.6 Å². The minimum Gasteiger partial charge on any atom is -0.372 e. The normalized spacial score (nSPS) is 18.8. The summed E-state index contributed by atoms with van der Waals surface area (Å²) in [6.07, 6.45) is 0.131. The van der Waals surface area contributed by atoms with Crippen LogP contribution in [-0.2, 0) is 17.8 Å². The maximum atomic E-state index is 12.8. The fourth-order valence-corrected chi connectivity index (χ4v) is 4.44. The number of morpholine rings is 1. The zero-order valence-corrected chi connectivity index (χ0v) is 22.6. The molecule has 176 valence electrons. The number of aromatic nitrogens is 1. The van der Waals surface area contributed by atoms with Crippen LogP contribution >= 0.6 is 35.3 Å². The number of aliphatic imine (C=N–C) groups is 1. The van der Waals surface area contributed by atoms with Crippen molar-refractivity contribution in [3.63, 3.8) is 0 Å². The number of hydrogen-bond acceptors (Lipinski definition) is 5. The van der Waals surface area contributed by atoms with Crippen LogP contribution in [0.1, 0.15) is 52.3 Å². The molecule has 9 heteroatoms. The first-order chi connectivity index (χ1) is 14.9. The number of halogens is 1. The Morgan fingerprint density at radius 1 is 1.19 bits per heavy atom. The second-order valence-electron chi connectivity index (χ2n) is 7.96. The molecule has 1 aliphatic heterocycles. The quantitative estimate of drug-likeness (QED) is 0.313. The molecular formula is C23H34IN5O2S. The Bertz CT molecular complexity index is 886. The van der Waals surface area contributed by atoms with E-state index in [1.165, 1.54) is 4.88 Å². The number of aryl methyl sites for hydroxylation is 2. The molecule has 2 unspecified atom stereocenters. The van der Waals surface area contributed by atoms with Crippen LogP contribution in [0.3, 0.4) is 0 Å². The number of rotatable bonds is 6. The van der Waals surface area contributed by atoms with Crippen molar-refractivity contribution in [2.24, 2.45) is 4.99 Å². The number of ether oxygens (including phenoxy) is 1. The topological polar surface area (TPSA) is 78.9 Å². The molecule has 32 heavy (non-hydrogen) atoms. The van der Waals surface area contributed by atoms with Gasteiger partial charge in [0.15, 0.2) is 5.96 Å². The average molecular weight is 572 g/mol. The number of carbonyl (C=O) groups excluding carboxylic acids is 1. The predicted octanol–water partition coefficient (Wildman–Crippen LogP) is 3.88. The van der Waals surface area contributed by atoms with Gasteiger partial charge in [-0.2, -0.15) is 0 Å². The molecule has 1 aromatic carbocycles. The van der Waals surface area contributed by atoms with E-state index in [1.54, 1.807) is 11.3 Å². The van der Waals surface area contributed by atoms with Crippen molar-refractivity contribution in [2.45, 2.75) is 59.9 Å². The molecule has 7 nitrogen and oxygen atoms in total. The van der Waals surface area contributed by atoms with Gasteiger partial charge in [0.25, 0.3) is 5.91 Å². The molecule has 0 saturated carbocycles. The molecule has 1 fully saturated rings. The minimum atomic E-state index is 0. The molecule has 0 spiro atoms. The van der Waals surface area contributed by atoms with Crippen LogP contribution in [0.5, 0.6) is 0 Å². The first-order valence-electron chi connectivity index (χ1n) is 10.8. The highest BCUT2D eigenvalue weighted by atomic mass is 127. The summed E-state index contributed by atoms with van der Waals surface area (Å²) in [5.74, 6) is 0.811. The Kier molecular flexibility index (Phi) is 10.4. The van der Waals surface area contributed by atoms with E-state index >= 15 is 0 Å². The number of thiazole rings is 1. The van der Waals surface area contributed by atoms with Gasteiger partial charge >= 0.3 is 0 Å². The van der Waals surface area contributed by atoms with Crippen LogP contribution in [0.2, 0.25) is 0 Å². The predicted molar refractivity (Wildman–Crippen MR) is 141 cm³/mol. The van der Waals surface area contributed by atoms with E-state index < -0.39 is 0 Å². The summed E-state index contributed by atoms with van der Waals surface area (Å²) in [6, 6.07) is 7.72. The minimum absolute atomic E-state index is 0. The number of hydrogen-bond donors (Lipinski definition) is 2. The van der Waals surface area contributed by atoms with Gasteiger partial charge in [-0.15, -0.1) is 35.3 Å². The lowest BCUT2D eigenvalue weighted by Gasteiger charge is -2.35. The number of carbonyl (C=O) groups is 1. The van der Waals surface area contributed by atoms with Crippen molar-refractivity contribution in [1.29, 1.82) is 0 Å². The lowest BCUT2D eigenvalue weighted by atomic mass is 10.1. The zero-order valence-electron chi connectivity index (χ0n) is 19.5. The standard InChI is InChI=1S/C23H33N5O2S.HI/c1-6-24-23(26-12-21-27-17(4)18(5)31-21)25-11-19-7-9-20(10-8-19)22(29)28-13-15(2)30-16(3)14-28;/h7-10,15-16H,6,11-14H2,1-5H3,(H2,24,25,26);1H. The molecule has 3 rings (SSSR count). The van der Waals surface area contributed by atoms with E-state index in [0.717, 1.165) is 28.8 Å². The van der Waals surface area contributed by atoms with E-state index in [9.17, 15) is 4.79 Å². The molecule has 0 radical (unpaired) electrons. The first-order valence-corrected chi connectivity index (χ1v) is 11.7. The summed E-state index contributed by atoms with van der Waals surface area (Å²) in [7, 11) is 0. The van der Waals surface area contributed by atoms with Gasteiger partial charge in [0, 0.05) is 30.1 Å². The molecule has 2 aromatic rings. The number of nitrogens with one attached hydrogen (secondary N) is 2. The second kappa shape index (κ2) is 12.5. The van der Waals surface area contributed by atoms with Gasteiger partial charge in [0.1, 0.15) is 5.01 Å². The van der Waals surface area contributed by atoms with Crippen molar-refractivity contribution in [3.8, 4) is 0 Å². The molecule has 1 amide bonds. The molecule has 0 bridgehead atoms. The lowest BCUT2D eigenvalue weighted by molar-refractivity contribution is -0.0586. The van der Waals surface area contributed by atoms with E-state index in [0.29, 0.717) is 31.7 Å². The van der Waals surface area contributed by atoms with Gasteiger partial charge in [-0.05, 0) is 52.3 Å². The molecule has 2 heterocycles. The third-order valence-electron chi connectivity index (χ3n) is 5.15. The van der Waals surface area contributed by atoms with E-state index in [2.05, 4.69) is 27.5 Å². The van der Waals surface area contributed by atoms with Crippen molar-refractivity contribution in [1.82, 2.24) is 20.5 Å². The molecule has 2 atom stereocenters. The summed E-state index contributed by atoms with van der Waals surface area (Å²) in [4.78, 5) is 25.2. The van der Waals surface area contributed by atoms with Crippen LogP contribution in [0, 0.1) is 13.8 Å². The maximum Gasteiger partial charge on any atom is 0.254 e. The number of nitrogens with zero attached hydrogens (tertiary/aromatic N) is 3. The van der Waals surface area contributed by atoms with Crippen LogP contribution < -0.4 is 10.6 Å². The van der Waals surface area contributed by atoms with E-state index in [1.807, 2.05) is 56.9 Å². The highest BCUT2D eigenvalue weighted by Crippen LogP contribution is 2.17. The van der Waals surface area contributed by atoms with Gasteiger partial charge in [0.2, 0.25) is 0 Å². The fourth-order valence-electron chi connectivity index (χ4n) is 3.57. The number of guanidine groups is 1. The van der Waals surface area contributed by atoms with Crippen LogP contribution in [0.15, 0.2) is 29.3 Å². The van der Waals surface area contributed by atoms with E-state index in [-0.39, 0.29) is 42.1 Å². The van der Waals surface area contributed by atoms with Gasteiger partial charge in [-0.1, -0.05) is 12.1 Å². The van der Waals surface area contributed by atoms with Crippen molar-refractivity contribution < 1.29 is 9.53 Å². The highest BCUT2D eigenvalue weighted by Gasteiger charge is 2.26. The smallest absolute Gasteiger partial charge is 0.254 e. The third kappa shape index (κ3) is 7.41. The number of benzene rings is 1. The van der Waals surface area contributed by atoms with Gasteiger partial charge in [-0.3, -0.25) is 4.79 Å². The average Bonchev–Trinajstić information content (AvgIpc) is 3.06. The molecule has 1 saturated heterocycles. The SMILES string of the molecule is CCNC(=NCc1ccc(C(=O)N2CC(C)OC(C)C2)cc1)NCc1nc(C)c(C)s1.I. The Labute approximate surface area is 212 Å². The van der Waals surface area contributed by atoms with Crippen LogP contribution in [-0.4, -0.2) is 53.6 Å². The van der Waals surface area contributed by atoms with E-state index in [4.69, 9.17) is 4.74 Å².